The summed E-state index contributed by atoms with van der Waals surface area (Å²) in [6.07, 6.45) is 6.96. The highest BCUT2D eigenvalue weighted by molar-refractivity contribution is 5.00. The predicted molar refractivity (Wildman–Crippen MR) is 68.8 cm³/mol. The third-order valence-corrected chi connectivity index (χ3v) is 4.72. The van der Waals surface area contributed by atoms with E-state index in [0.717, 1.165) is 30.1 Å². The maximum atomic E-state index is 5.37. The molecule has 3 atom stereocenters. The maximum Gasteiger partial charge on any atom is 0.226 e. The van der Waals surface area contributed by atoms with Gasteiger partial charge in [0.1, 0.15) is 0 Å². The first-order chi connectivity index (χ1) is 9.76. The van der Waals surface area contributed by atoms with Gasteiger partial charge in [0.2, 0.25) is 11.8 Å². The number of fused-ring (bicyclic) bond motifs is 2. The summed E-state index contributed by atoms with van der Waals surface area (Å²) >= 11 is 0. The molecule has 2 aliphatic carbocycles. The molecule has 2 aromatic heterocycles. The molecule has 2 saturated carbocycles. The summed E-state index contributed by atoms with van der Waals surface area (Å²) in [5.74, 6) is 5.15. The first-order valence-corrected chi connectivity index (χ1v) is 7.37. The molecule has 106 valence electrons. The average molecular weight is 274 g/mol. The van der Waals surface area contributed by atoms with E-state index in [4.69, 9.17) is 9.05 Å². The van der Waals surface area contributed by atoms with Crippen LogP contribution >= 0.6 is 0 Å². The van der Waals surface area contributed by atoms with Gasteiger partial charge in [-0.3, -0.25) is 0 Å². The van der Waals surface area contributed by atoms with Gasteiger partial charge in [-0.1, -0.05) is 16.7 Å². The lowest BCUT2D eigenvalue weighted by Crippen LogP contribution is -2.13. The normalized spacial score (nSPS) is 28.4. The standard InChI is InChI=1S/C14H18N4O2/c1-8-15-12(17-19-8)7-13-16-14(20-18-13)6-11-5-9-2-3-10(11)4-9/h9-11H,2-7H2,1H3. The van der Waals surface area contributed by atoms with Gasteiger partial charge in [-0.05, 0) is 37.0 Å². The molecule has 20 heavy (non-hydrogen) atoms. The molecule has 2 aromatic rings. The van der Waals surface area contributed by atoms with Gasteiger partial charge in [0.15, 0.2) is 11.6 Å². The predicted octanol–water partition coefficient (Wildman–Crippen LogP) is 2.33. The Labute approximate surface area is 116 Å². The van der Waals surface area contributed by atoms with E-state index in [-0.39, 0.29) is 0 Å². The number of rotatable bonds is 4. The van der Waals surface area contributed by atoms with E-state index in [9.17, 15) is 0 Å². The molecule has 3 unspecified atom stereocenters. The molecule has 2 bridgehead atoms. The molecular weight excluding hydrogens is 256 g/mol. The molecule has 2 heterocycles. The molecule has 0 saturated heterocycles. The molecular formula is C14H18N4O2. The quantitative estimate of drug-likeness (QED) is 0.851. The van der Waals surface area contributed by atoms with Crippen molar-refractivity contribution in [3.05, 3.63) is 23.4 Å². The third-order valence-electron chi connectivity index (χ3n) is 4.72. The minimum atomic E-state index is 0.470. The Balaban J connectivity index is 1.40. The average Bonchev–Trinajstić information content (AvgIpc) is 3.16. The van der Waals surface area contributed by atoms with Crippen LogP contribution in [0.3, 0.4) is 0 Å². The zero-order chi connectivity index (χ0) is 13.5. The zero-order valence-electron chi connectivity index (χ0n) is 11.6. The fourth-order valence-electron chi connectivity index (χ4n) is 3.85. The second kappa shape index (κ2) is 4.68. The van der Waals surface area contributed by atoms with Crippen molar-refractivity contribution in [1.82, 2.24) is 20.3 Å². The number of hydrogen-bond donors (Lipinski definition) is 0. The van der Waals surface area contributed by atoms with Crippen LogP contribution in [0, 0.1) is 24.7 Å². The van der Waals surface area contributed by atoms with Gasteiger partial charge in [-0.25, -0.2) is 0 Å². The second-order valence-corrected chi connectivity index (χ2v) is 6.15. The highest BCUT2D eigenvalue weighted by Crippen LogP contribution is 2.49. The van der Waals surface area contributed by atoms with Crippen LogP contribution in [-0.2, 0) is 12.8 Å². The van der Waals surface area contributed by atoms with Crippen LogP contribution in [0.1, 0.15) is 49.1 Å². The van der Waals surface area contributed by atoms with Crippen LogP contribution in [0.15, 0.2) is 9.05 Å². The van der Waals surface area contributed by atoms with Crippen LogP contribution in [0.25, 0.3) is 0 Å². The SMILES string of the molecule is Cc1nc(Cc2noc(CC3CC4CCC3C4)n2)no1. The molecule has 0 spiro atoms. The van der Waals surface area contributed by atoms with Gasteiger partial charge in [0.05, 0.1) is 6.42 Å². The number of hydrogen-bond acceptors (Lipinski definition) is 6. The van der Waals surface area contributed by atoms with Crippen LogP contribution in [-0.4, -0.2) is 20.3 Å². The van der Waals surface area contributed by atoms with Crippen molar-refractivity contribution in [2.45, 2.75) is 45.4 Å². The molecule has 0 aliphatic heterocycles. The summed E-state index contributed by atoms with van der Waals surface area (Å²) in [6.45, 7) is 1.77. The molecule has 0 aromatic carbocycles. The first-order valence-electron chi connectivity index (χ1n) is 7.37. The van der Waals surface area contributed by atoms with E-state index in [1.54, 1.807) is 6.92 Å². The highest BCUT2D eigenvalue weighted by Gasteiger charge is 2.40. The summed E-state index contributed by atoms with van der Waals surface area (Å²) in [5, 5.41) is 7.86. The van der Waals surface area contributed by atoms with Crippen molar-refractivity contribution in [2.24, 2.45) is 17.8 Å². The van der Waals surface area contributed by atoms with Crippen molar-refractivity contribution in [3.63, 3.8) is 0 Å². The van der Waals surface area contributed by atoms with E-state index in [1.165, 1.54) is 25.7 Å². The molecule has 6 nitrogen and oxygen atoms in total. The highest BCUT2D eigenvalue weighted by atomic mass is 16.5. The Morgan fingerprint density at radius 3 is 2.60 bits per heavy atom. The monoisotopic (exact) mass is 274 g/mol. The molecule has 0 N–H and O–H groups in total. The minimum absolute atomic E-state index is 0.470. The second-order valence-electron chi connectivity index (χ2n) is 6.15. The van der Waals surface area contributed by atoms with Crippen molar-refractivity contribution in [1.29, 1.82) is 0 Å². The lowest BCUT2D eigenvalue weighted by molar-refractivity contribution is 0.287. The van der Waals surface area contributed by atoms with Gasteiger partial charge in [0, 0.05) is 13.3 Å². The zero-order valence-corrected chi connectivity index (χ0v) is 11.6. The van der Waals surface area contributed by atoms with Crippen molar-refractivity contribution < 1.29 is 9.05 Å². The Morgan fingerprint density at radius 1 is 1.05 bits per heavy atom. The molecule has 0 amide bonds. The fraction of sp³-hybridized carbons (Fsp3) is 0.714. The van der Waals surface area contributed by atoms with Gasteiger partial charge in [-0.15, -0.1) is 0 Å². The lowest BCUT2D eigenvalue weighted by Gasteiger charge is -2.19. The van der Waals surface area contributed by atoms with Gasteiger partial charge >= 0.3 is 0 Å². The van der Waals surface area contributed by atoms with E-state index in [0.29, 0.717) is 24.0 Å². The minimum Gasteiger partial charge on any atom is -0.340 e. The Kier molecular flexibility index (Phi) is 2.82. The maximum absolute atomic E-state index is 5.37. The van der Waals surface area contributed by atoms with Crippen molar-refractivity contribution in [3.8, 4) is 0 Å². The first kappa shape index (κ1) is 12.1. The summed E-state index contributed by atoms with van der Waals surface area (Å²) < 4.78 is 10.3. The van der Waals surface area contributed by atoms with Crippen molar-refractivity contribution >= 4 is 0 Å². The van der Waals surface area contributed by atoms with E-state index >= 15 is 0 Å². The Bertz CT molecular complexity index is 606. The van der Waals surface area contributed by atoms with Crippen molar-refractivity contribution in [2.75, 3.05) is 0 Å². The Morgan fingerprint density at radius 2 is 1.90 bits per heavy atom. The Hall–Kier alpha value is -1.72. The largest absolute Gasteiger partial charge is 0.340 e. The van der Waals surface area contributed by atoms with E-state index < -0.39 is 0 Å². The van der Waals surface area contributed by atoms with Gasteiger partial charge < -0.3 is 9.05 Å². The molecule has 2 aliphatic rings. The number of aryl methyl sites for hydroxylation is 1. The molecule has 6 heteroatoms. The van der Waals surface area contributed by atoms with Crippen LogP contribution < -0.4 is 0 Å². The smallest absolute Gasteiger partial charge is 0.226 e. The van der Waals surface area contributed by atoms with E-state index in [1.807, 2.05) is 0 Å². The molecule has 0 radical (unpaired) electrons. The lowest BCUT2D eigenvalue weighted by atomic mass is 9.86. The summed E-state index contributed by atoms with van der Waals surface area (Å²) in [6, 6.07) is 0. The van der Waals surface area contributed by atoms with Crippen LogP contribution in [0.2, 0.25) is 0 Å². The number of nitrogens with zero attached hydrogens (tertiary/aromatic N) is 4. The summed E-state index contributed by atoms with van der Waals surface area (Å²) in [4.78, 5) is 8.61. The fourth-order valence-corrected chi connectivity index (χ4v) is 3.85. The van der Waals surface area contributed by atoms with E-state index in [2.05, 4.69) is 20.3 Å². The number of aromatic nitrogens is 4. The summed E-state index contributed by atoms with van der Waals surface area (Å²) in [5.41, 5.74) is 0. The van der Waals surface area contributed by atoms with Gasteiger partial charge in [0.25, 0.3) is 0 Å². The van der Waals surface area contributed by atoms with Crippen LogP contribution in [0.5, 0.6) is 0 Å². The van der Waals surface area contributed by atoms with Gasteiger partial charge in [-0.2, -0.15) is 9.97 Å². The topological polar surface area (TPSA) is 77.8 Å². The third kappa shape index (κ3) is 2.23. The summed E-state index contributed by atoms with van der Waals surface area (Å²) in [7, 11) is 0. The van der Waals surface area contributed by atoms with Crippen LogP contribution in [0.4, 0.5) is 0 Å². The molecule has 4 rings (SSSR count). The molecule has 2 fully saturated rings.